The van der Waals surface area contributed by atoms with Crippen molar-refractivity contribution >= 4 is 11.7 Å². The Labute approximate surface area is 169 Å². The molecule has 4 rings (SSSR count). The van der Waals surface area contributed by atoms with Crippen LogP contribution in [0.25, 0.3) is 0 Å². The van der Waals surface area contributed by atoms with E-state index in [2.05, 4.69) is 20.0 Å². The molecule has 8 heteroatoms. The number of amides is 1. The third-order valence-corrected chi connectivity index (χ3v) is 4.93. The SMILES string of the molecule is Cc1ccc(C)c(OCc2cc(C(=O)N3CCN(c4cnccn4)CC3)no2)c1. The lowest BCUT2D eigenvalue weighted by atomic mass is 10.1. The Kier molecular flexibility index (Phi) is 5.41. The number of hydrogen-bond acceptors (Lipinski definition) is 7. The molecule has 8 nitrogen and oxygen atoms in total. The van der Waals surface area contributed by atoms with Crippen molar-refractivity contribution in [1.82, 2.24) is 20.0 Å². The number of benzene rings is 1. The summed E-state index contributed by atoms with van der Waals surface area (Å²) in [4.78, 5) is 25.0. The molecule has 150 valence electrons. The lowest BCUT2D eigenvalue weighted by Crippen LogP contribution is -2.49. The van der Waals surface area contributed by atoms with Gasteiger partial charge in [-0.15, -0.1) is 0 Å². The number of ether oxygens (including phenoxy) is 1. The molecule has 0 bridgehead atoms. The average Bonchev–Trinajstić information content (AvgIpc) is 3.24. The summed E-state index contributed by atoms with van der Waals surface area (Å²) in [6, 6.07) is 7.69. The van der Waals surface area contributed by atoms with E-state index >= 15 is 0 Å². The van der Waals surface area contributed by atoms with Crippen molar-refractivity contribution in [3.63, 3.8) is 0 Å². The fourth-order valence-corrected chi connectivity index (χ4v) is 3.25. The second kappa shape index (κ2) is 8.30. The summed E-state index contributed by atoms with van der Waals surface area (Å²) in [5.41, 5.74) is 2.48. The summed E-state index contributed by atoms with van der Waals surface area (Å²) >= 11 is 0. The Morgan fingerprint density at radius 3 is 2.72 bits per heavy atom. The first-order chi connectivity index (χ1) is 14.1. The summed E-state index contributed by atoms with van der Waals surface area (Å²) in [7, 11) is 0. The van der Waals surface area contributed by atoms with Gasteiger partial charge in [-0.3, -0.25) is 9.78 Å². The van der Waals surface area contributed by atoms with Crippen LogP contribution in [0.2, 0.25) is 0 Å². The molecule has 3 heterocycles. The second-order valence-corrected chi connectivity index (χ2v) is 7.08. The Bertz CT molecular complexity index is 981. The molecular weight excluding hydrogens is 370 g/mol. The molecule has 29 heavy (non-hydrogen) atoms. The molecule has 1 fully saturated rings. The van der Waals surface area contributed by atoms with E-state index in [1.807, 2.05) is 32.0 Å². The largest absolute Gasteiger partial charge is 0.485 e. The van der Waals surface area contributed by atoms with Crippen LogP contribution in [0.3, 0.4) is 0 Å². The molecule has 0 spiro atoms. The minimum absolute atomic E-state index is 0.134. The smallest absolute Gasteiger partial charge is 0.276 e. The van der Waals surface area contributed by atoms with E-state index in [-0.39, 0.29) is 12.5 Å². The lowest BCUT2D eigenvalue weighted by molar-refractivity contribution is 0.0735. The number of carbonyl (C=O) groups is 1. The molecule has 1 aliphatic heterocycles. The molecule has 1 saturated heterocycles. The van der Waals surface area contributed by atoms with Crippen LogP contribution in [0.4, 0.5) is 5.82 Å². The van der Waals surface area contributed by atoms with Gasteiger partial charge in [0.05, 0.1) is 6.20 Å². The van der Waals surface area contributed by atoms with Crippen LogP contribution in [0, 0.1) is 13.8 Å². The van der Waals surface area contributed by atoms with E-state index in [0.717, 1.165) is 22.7 Å². The van der Waals surface area contributed by atoms with Crippen LogP contribution in [-0.4, -0.2) is 52.1 Å². The van der Waals surface area contributed by atoms with Gasteiger partial charge in [-0.2, -0.15) is 0 Å². The molecule has 0 radical (unpaired) electrons. The molecule has 0 atom stereocenters. The highest BCUT2D eigenvalue weighted by atomic mass is 16.5. The molecule has 0 N–H and O–H groups in total. The summed E-state index contributed by atoms with van der Waals surface area (Å²) in [6.07, 6.45) is 5.05. The first-order valence-electron chi connectivity index (χ1n) is 9.56. The highest BCUT2D eigenvalue weighted by Gasteiger charge is 2.25. The van der Waals surface area contributed by atoms with E-state index in [9.17, 15) is 4.79 Å². The monoisotopic (exact) mass is 393 g/mol. The van der Waals surface area contributed by atoms with E-state index in [1.165, 1.54) is 0 Å². The van der Waals surface area contributed by atoms with Crippen LogP contribution in [-0.2, 0) is 6.61 Å². The van der Waals surface area contributed by atoms with Crippen LogP contribution < -0.4 is 9.64 Å². The van der Waals surface area contributed by atoms with Crippen molar-refractivity contribution in [3.05, 3.63) is 65.4 Å². The zero-order chi connectivity index (χ0) is 20.2. The zero-order valence-corrected chi connectivity index (χ0v) is 16.5. The fraction of sp³-hybridized carbons (Fsp3) is 0.333. The molecule has 1 aromatic carbocycles. The maximum absolute atomic E-state index is 12.7. The van der Waals surface area contributed by atoms with Crippen molar-refractivity contribution < 1.29 is 14.1 Å². The van der Waals surface area contributed by atoms with Gasteiger partial charge in [-0.1, -0.05) is 17.3 Å². The standard InChI is InChI=1S/C21H23N5O3/c1-15-3-4-16(2)19(11-15)28-14-17-12-18(24-29-17)21(27)26-9-7-25(8-10-26)20-13-22-5-6-23-20/h3-6,11-13H,7-10,14H2,1-2H3. The first-order valence-corrected chi connectivity index (χ1v) is 9.56. The van der Waals surface area contributed by atoms with Gasteiger partial charge in [0.2, 0.25) is 0 Å². The van der Waals surface area contributed by atoms with Gasteiger partial charge >= 0.3 is 0 Å². The van der Waals surface area contributed by atoms with Crippen molar-refractivity contribution in [2.45, 2.75) is 20.5 Å². The molecule has 2 aromatic heterocycles. The molecule has 1 aliphatic rings. The normalized spacial score (nSPS) is 14.1. The molecule has 0 unspecified atom stereocenters. The number of aryl methyl sites for hydroxylation is 2. The van der Waals surface area contributed by atoms with Gasteiger partial charge in [0.25, 0.3) is 5.91 Å². The summed E-state index contributed by atoms with van der Waals surface area (Å²) in [5.74, 6) is 2.01. The van der Waals surface area contributed by atoms with Crippen LogP contribution in [0.5, 0.6) is 5.75 Å². The lowest BCUT2D eigenvalue weighted by Gasteiger charge is -2.34. The molecule has 3 aromatic rings. The van der Waals surface area contributed by atoms with Gasteiger partial charge < -0.3 is 19.1 Å². The number of carbonyl (C=O) groups excluding carboxylic acids is 1. The first kappa shape index (κ1) is 18.9. The van der Waals surface area contributed by atoms with Crippen LogP contribution in [0.15, 0.2) is 47.4 Å². The Hall–Kier alpha value is -3.42. The maximum atomic E-state index is 12.7. The van der Waals surface area contributed by atoms with E-state index < -0.39 is 0 Å². The topological polar surface area (TPSA) is 84.6 Å². The molecule has 1 amide bonds. The number of aromatic nitrogens is 3. The Morgan fingerprint density at radius 1 is 1.14 bits per heavy atom. The Balaban J connectivity index is 1.33. The predicted molar refractivity (Wildman–Crippen MR) is 107 cm³/mol. The molecular formula is C21H23N5O3. The van der Waals surface area contributed by atoms with Gasteiger partial charge in [0, 0.05) is 44.6 Å². The number of anilines is 1. The van der Waals surface area contributed by atoms with Crippen molar-refractivity contribution in [3.8, 4) is 5.75 Å². The third-order valence-electron chi connectivity index (χ3n) is 4.93. The number of piperazine rings is 1. The highest BCUT2D eigenvalue weighted by molar-refractivity contribution is 5.92. The molecule has 0 saturated carbocycles. The number of rotatable bonds is 5. The Morgan fingerprint density at radius 2 is 1.97 bits per heavy atom. The fourth-order valence-electron chi connectivity index (χ4n) is 3.25. The summed E-state index contributed by atoms with van der Waals surface area (Å²) in [5, 5.41) is 3.94. The van der Waals surface area contributed by atoms with Crippen molar-refractivity contribution in [2.24, 2.45) is 0 Å². The van der Waals surface area contributed by atoms with E-state index in [1.54, 1.807) is 29.6 Å². The minimum Gasteiger partial charge on any atom is -0.485 e. The van der Waals surface area contributed by atoms with Gasteiger partial charge in [-0.25, -0.2) is 4.98 Å². The summed E-state index contributed by atoms with van der Waals surface area (Å²) in [6.45, 7) is 6.82. The summed E-state index contributed by atoms with van der Waals surface area (Å²) < 4.78 is 11.1. The number of nitrogens with zero attached hydrogens (tertiary/aromatic N) is 5. The van der Waals surface area contributed by atoms with E-state index in [4.69, 9.17) is 9.26 Å². The van der Waals surface area contributed by atoms with Gasteiger partial charge in [0.1, 0.15) is 18.2 Å². The second-order valence-electron chi connectivity index (χ2n) is 7.08. The zero-order valence-electron chi connectivity index (χ0n) is 16.5. The maximum Gasteiger partial charge on any atom is 0.276 e. The van der Waals surface area contributed by atoms with E-state index in [0.29, 0.717) is 37.6 Å². The van der Waals surface area contributed by atoms with Crippen molar-refractivity contribution in [1.29, 1.82) is 0 Å². The minimum atomic E-state index is -0.134. The highest BCUT2D eigenvalue weighted by Crippen LogP contribution is 2.21. The van der Waals surface area contributed by atoms with Gasteiger partial charge in [0.15, 0.2) is 11.5 Å². The van der Waals surface area contributed by atoms with Crippen LogP contribution in [0.1, 0.15) is 27.4 Å². The van der Waals surface area contributed by atoms with Crippen LogP contribution >= 0.6 is 0 Å². The van der Waals surface area contributed by atoms with Gasteiger partial charge in [-0.05, 0) is 31.0 Å². The number of hydrogen-bond donors (Lipinski definition) is 0. The third kappa shape index (κ3) is 4.37. The molecule has 0 aliphatic carbocycles. The predicted octanol–water partition coefficient (Wildman–Crippen LogP) is 2.62. The average molecular weight is 393 g/mol. The quantitative estimate of drug-likeness (QED) is 0.659. The van der Waals surface area contributed by atoms with Crippen molar-refractivity contribution in [2.75, 3.05) is 31.1 Å².